The molecule has 0 unspecified atom stereocenters. The van der Waals surface area contributed by atoms with Gasteiger partial charge in [0.2, 0.25) is 0 Å². The summed E-state index contributed by atoms with van der Waals surface area (Å²) in [5, 5.41) is 7.79. The van der Waals surface area contributed by atoms with Gasteiger partial charge in [-0.3, -0.25) is 9.36 Å². The fourth-order valence-corrected chi connectivity index (χ4v) is 4.51. The Bertz CT molecular complexity index is 904. The van der Waals surface area contributed by atoms with Crippen molar-refractivity contribution in [1.82, 2.24) is 14.9 Å². The Kier molecular flexibility index (Phi) is 8.63. The lowest BCUT2D eigenvalue weighted by Crippen LogP contribution is -3.12. The van der Waals surface area contributed by atoms with Crippen molar-refractivity contribution in [2.24, 2.45) is 0 Å². The molecule has 0 atom stereocenters. The van der Waals surface area contributed by atoms with Gasteiger partial charge in [0.25, 0.3) is 5.56 Å². The third kappa shape index (κ3) is 6.01. The van der Waals surface area contributed by atoms with Crippen molar-refractivity contribution in [3.63, 3.8) is 0 Å². The molecule has 0 spiro atoms. The van der Waals surface area contributed by atoms with Crippen LogP contribution in [-0.4, -0.2) is 40.8 Å². The number of anilines is 1. The van der Waals surface area contributed by atoms with Gasteiger partial charge in [-0.05, 0) is 56.1 Å². The standard InChI is InChI=1S/C23H35N5OS/c1-3-13-27(14-4-2)15-8-12-24-23(30)25-18-10-11-20-19(17-18)22(29)28-16-7-5-6-9-21(28)26-20/h10-11,17H,3-9,12-16H2,1-2H3,(H2,24,25,30)/p+1. The van der Waals surface area contributed by atoms with Gasteiger partial charge in [0, 0.05) is 31.6 Å². The molecule has 0 saturated heterocycles. The van der Waals surface area contributed by atoms with E-state index in [4.69, 9.17) is 17.2 Å². The van der Waals surface area contributed by atoms with Crippen LogP contribution < -0.4 is 21.1 Å². The molecule has 164 valence electrons. The molecule has 0 amide bonds. The molecule has 2 aromatic rings. The van der Waals surface area contributed by atoms with Gasteiger partial charge in [-0.15, -0.1) is 0 Å². The van der Waals surface area contributed by atoms with Gasteiger partial charge >= 0.3 is 0 Å². The largest absolute Gasteiger partial charge is 0.362 e. The molecule has 6 nitrogen and oxygen atoms in total. The molecule has 0 aliphatic carbocycles. The molecule has 3 N–H and O–H groups in total. The van der Waals surface area contributed by atoms with Crippen LogP contribution in [0, 0.1) is 0 Å². The van der Waals surface area contributed by atoms with E-state index in [0.29, 0.717) is 10.5 Å². The highest BCUT2D eigenvalue weighted by atomic mass is 32.1. The summed E-state index contributed by atoms with van der Waals surface area (Å²) in [6.07, 6.45) is 7.73. The van der Waals surface area contributed by atoms with Gasteiger partial charge in [-0.2, -0.15) is 0 Å². The Morgan fingerprint density at radius 3 is 2.73 bits per heavy atom. The van der Waals surface area contributed by atoms with Crippen LogP contribution in [-0.2, 0) is 13.0 Å². The maximum Gasteiger partial charge on any atom is 0.261 e. The van der Waals surface area contributed by atoms with Crippen molar-refractivity contribution in [3.05, 3.63) is 34.4 Å². The summed E-state index contributed by atoms with van der Waals surface area (Å²) in [4.78, 5) is 19.4. The minimum Gasteiger partial charge on any atom is -0.362 e. The normalized spacial score (nSPS) is 13.8. The Balaban J connectivity index is 1.58. The van der Waals surface area contributed by atoms with E-state index in [9.17, 15) is 4.79 Å². The number of benzene rings is 1. The average Bonchev–Trinajstić information content (AvgIpc) is 2.98. The van der Waals surface area contributed by atoms with E-state index in [1.165, 1.54) is 32.5 Å². The predicted molar refractivity (Wildman–Crippen MR) is 129 cm³/mol. The molecular weight excluding hydrogens is 394 g/mol. The number of hydrogen-bond acceptors (Lipinski definition) is 3. The monoisotopic (exact) mass is 430 g/mol. The number of quaternary nitrogens is 1. The summed E-state index contributed by atoms with van der Waals surface area (Å²) >= 11 is 5.46. The van der Waals surface area contributed by atoms with Crippen LogP contribution in [0.5, 0.6) is 0 Å². The first kappa shape index (κ1) is 22.7. The summed E-state index contributed by atoms with van der Waals surface area (Å²) in [7, 11) is 0. The molecule has 0 bridgehead atoms. The third-order valence-corrected chi connectivity index (χ3v) is 6.02. The van der Waals surface area contributed by atoms with Crippen LogP contribution in [0.2, 0.25) is 0 Å². The summed E-state index contributed by atoms with van der Waals surface area (Å²) in [6, 6.07) is 5.75. The van der Waals surface area contributed by atoms with Gasteiger partial charge in [0.1, 0.15) is 5.82 Å². The summed E-state index contributed by atoms with van der Waals surface area (Å²) in [6.45, 7) is 9.75. The van der Waals surface area contributed by atoms with E-state index in [1.807, 2.05) is 22.8 Å². The van der Waals surface area contributed by atoms with Crippen molar-refractivity contribution < 1.29 is 4.90 Å². The summed E-state index contributed by atoms with van der Waals surface area (Å²) in [5.74, 6) is 0.921. The van der Waals surface area contributed by atoms with Crippen molar-refractivity contribution in [3.8, 4) is 0 Å². The maximum atomic E-state index is 13.0. The number of nitrogens with zero attached hydrogens (tertiary/aromatic N) is 2. The first-order valence-electron chi connectivity index (χ1n) is 11.5. The van der Waals surface area contributed by atoms with Gasteiger partial charge in [0.15, 0.2) is 5.11 Å². The average molecular weight is 431 g/mol. The third-order valence-electron chi connectivity index (χ3n) is 5.77. The lowest BCUT2D eigenvalue weighted by Gasteiger charge is -2.18. The second-order valence-corrected chi connectivity index (χ2v) is 8.67. The molecule has 0 fully saturated rings. The molecule has 1 aromatic heterocycles. The van der Waals surface area contributed by atoms with Crippen LogP contribution in [0.4, 0.5) is 5.69 Å². The lowest BCUT2D eigenvalue weighted by atomic mass is 10.2. The number of thiocarbonyl (C=S) groups is 1. The zero-order chi connectivity index (χ0) is 21.3. The second kappa shape index (κ2) is 11.4. The van der Waals surface area contributed by atoms with Crippen molar-refractivity contribution in [2.45, 2.75) is 65.3 Å². The van der Waals surface area contributed by atoms with Crippen molar-refractivity contribution in [1.29, 1.82) is 0 Å². The van der Waals surface area contributed by atoms with E-state index in [-0.39, 0.29) is 5.56 Å². The smallest absolute Gasteiger partial charge is 0.261 e. The SMILES string of the molecule is CCC[NH+](CCC)CCCNC(=S)Nc1ccc2nc3n(c(=O)c2c1)CCCCC3. The predicted octanol–water partition coefficient (Wildman–Crippen LogP) is 2.50. The number of aromatic nitrogens is 2. The molecule has 1 aliphatic rings. The van der Waals surface area contributed by atoms with Crippen LogP contribution in [0.1, 0.15) is 58.2 Å². The lowest BCUT2D eigenvalue weighted by molar-refractivity contribution is -0.900. The molecular formula is C23H36N5OS+. The van der Waals surface area contributed by atoms with E-state index in [2.05, 4.69) is 24.5 Å². The fraction of sp³-hybridized carbons (Fsp3) is 0.609. The molecule has 7 heteroatoms. The Hall–Kier alpha value is -1.99. The van der Waals surface area contributed by atoms with Crippen LogP contribution in [0.15, 0.2) is 23.0 Å². The van der Waals surface area contributed by atoms with E-state index in [1.54, 1.807) is 4.90 Å². The van der Waals surface area contributed by atoms with Gasteiger partial charge in [-0.25, -0.2) is 4.98 Å². The highest BCUT2D eigenvalue weighted by molar-refractivity contribution is 7.80. The first-order chi connectivity index (χ1) is 14.6. The van der Waals surface area contributed by atoms with E-state index < -0.39 is 0 Å². The zero-order valence-corrected chi connectivity index (χ0v) is 19.2. The van der Waals surface area contributed by atoms with Gasteiger partial charge < -0.3 is 15.5 Å². The summed E-state index contributed by atoms with van der Waals surface area (Å²) in [5.41, 5.74) is 1.67. The number of hydrogen-bond donors (Lipinski definition) is 3. The number of rotatable bonds is 9. The number of fused-ring (bicyclic) bond motifs is 2. The number of aryl methyl sites for hydroxylation is 1. The topological polar surface area (TPSA) is 63.4 Å². The molecule has 3 rings (SSSR count). The molecule has 1 aromatic carbocycles. The Labute approximate surface area is 185 Å². The maximum absolute atomic E-state index is 13.0. The second-order valence-electron chi connectivity index (χ2n) is 8.26. The van der Waals surface area contributed by atoms with Crippen molar-refractivity contribution >= 4 is 33.9 Å². The van der Waals surface area contributed by atoms with E-state index >= 15 is 0 Å². The first-order valence-corrected chi connectivity index (χ1v) is 11.9. The fourth-order valence-electron chi connectivity index (χ4n) is 4.29. The van der Waals surface area contributed by atoms with E-state index in [0.717, 1.165) is 62.2 Å². The number of nitrogens with one attached hydrogen (secondary N) is 3. The molecule has 0 saturated carbocycles. The minimum atomic E-state index is 0.0642. The van der Waals surface area contributed by atoms with Crippen molar-refractivity contribution in [2.75, 3.05) is 31.5 Å². The quantitative estimate of drug-likeness (QED) is 0.421. The molecule has 2 heterocycles. The van der Waals surface area contributed by atoms with Gasteiger partial charge in [0.05, 0.1) is 30.5 Å². The van der Waals surface area contributed by atoms with Gasteiger partial charge in [-0.1, -0.05) is 20.3 Å². The molecule has 30 heavy (non-hydrogen) atoms. The Morgan fingerprint density at radius 1 is 1.17 bits per heavy atom. The summed E-state index contributed by atoms with van der Waals surface area (Å²) < 4.78 is 1.86. The van der Waals surface area contributed by atoms with Crippen LogP contribution >= 0.6 is 12.2 Å². The molecule has 1 aliphatic heterocycles. The highest BCUT2D eigenvalue weighted by Gasteiger charge is 2.14. The minimum absolute atomic E-state index is 0.0642. The highest BCUT2D eigenvalue weighted by Crippen LogP contribution is 2.18. The Morgan fingerprint density at radius 2 is 1.97 bits per heavy atom. The zero-order valence-electron chi connectivity index (χ0n) is 18.4. The van der Waals surface area contributed by atoms with Crippen LogP contribution in [0.25, 0.3) is 10.9 Å². The molecule has 0 radical (unpaired) electrons. The van der Waals surface area contributed by atoms with Crippen LogP contribution in [0.3, 0.4) is 0 Å².